The number of hydrogen-bond donors (Lipinski definition) is 0. The Kier molecular flexibility index (Phi) is 6.30. The van der Waals surface area contributed by atoms with Crippen molar-refractivity contribution in [1.82, 2.24) is 19.7 Å². The predicted molar refractivity (Wildman–Crippen MR) is 100 cm³/mol. The van der Waals surface area contributed by atoms with Gasteiger partial charge in [0.25, 0.3) is 0 Å². The van der Waals surface area contributed by atoms with E-state index in [9.17, 15) is 4.79 Å². The Morgan fingerprint density at radius 3 is 2.92 bits per heavy atom. The number of thioether (sulfide) groups is 1. The molecule has 1 aliphatic heterocycles. The van der Waals surface area contributed by atoms with Crippen molar-refractivity contribution in [3.05, 3.63) is 36.9 Å². The minimum Gasteiger partial charge on any atom is -0.497 e. The summed E-state index contributed by atoms with van der Waals surface area (Å²) in [5, 5.41) is 9.29. The van der Waals surface area contributed by atoms with E-state index in [-0.39, 0.29) is 5.91 Å². The van der Waals surface area contributed by atoms with Gasteiger partial charge in [-0.25, -0.2) is 0 Å². The highest BCUT2D eigenvalue weighted by Crippen LogP contribution is 2.26. The van der Waals surface area contributed by atoms with Crippen molar-refractivity contribution in [2.24, 2.45) is 0 Å². The maximum Gasteiger partial charge on any atom is 0.233 e. The predicted octanol–water partition coefficient (Wildman–Crippen LogP) is 2.09. The molecule has 1 aromatic heterocycles. The molecule has 0 bridgehead atoms. The first-order chi connectivity index (χ1) is 12.7. The Labute approximate surface area is 157 Å². The lowest BCUT2D eigenvalue weighted by atomic mass is 10.2. The molecule has 1 fully saturated rings. The molecule has 1 aliphatic rings. The fraction of sp³-hybridized carbons (Fsp3) is 0.389. The summed E-state index contributed by atoms with van der Waals surface area (Å²) in [7, 11) is 1.63. The average Bonchev–Trinajstić information content (AvgIpc) is 3.10. The van der Waals surface area contributed by atoms with E-state index in [4.69, 9.17) is 9.47 Å². The van der Waals surface area contributed by atoms with Crippen molar-refractivity contribution < 1.29 is 14.3 Å². The fourth-order valence-electron chi connectivity index (χ4n) is 2.70. The number of carbonyl (C=O) groups excluding carboxylic acids is 1. The number of amides is 1. The first-order valence-electron chi connectivity index (χ1n) is 8.39. The molecule has 1 amide bonds. The van der Waals surface area contributed by atoms with E-state index in [0.717, 1.165) is 17.1 Å². The van der Waals surface area contributed by atoms with Gasteiger partial charge < -0.3 is 14.4 Å². The van der Waals surface area contributed by atoms with E-state index in [1.165, 1.54) is 11.8 Å². The Balaban J connectivity index is 1.76. The molecule has 2 aromatic rings. The third-order valence-electron chi connectivity index (χ3n) is 4.04. The second-order valence-electron chi connectivity index (χ2n) is 5.72. The molecule has 7 nitrogen and oxygen atoms in total. The van der Waals surface area contributed by atoms with Gasteiger partial charge in [-0.15, -0.1) is 16.8 Å². The molecule has 2 heterocycles. The molecule has 0 N–H and O–H groups in total. The first-order valence-corrected chi connectivity index (χ1v) is 9.38. The van der Waals surface area contributed by atoms with Crippen LogP contribution in [0.4, 0.5) is 0 Å². The first kappa shape index (κ1) is 18.5. The van der Waals surface area contributed by atoms with Crippen molar-refractivity contribution in [1.29, 1.82) is 0 Å². The molecule has 1 saturated heterocycles. The third-order valence-corrected chi connectivity index (χ3v) is 5.00. The zero-order chi connectivity index (χ0) is 18.4. The Hall–Kier alpha value is -2.32. The molecule has 0 radical (unpaired) electrons. The highest BCUT2D eigenvalue weighted by molar-refractivity contribution is 7.99. The van der Waals surface area contributed by atoms with Crippen molar-refractivity contribution in [3.8, 4) is 17.1 Å². The van der Waals surface area contributed by atoms with Gasteiger partial charge >= 0.3 is 0 Å². The molecular formula is C18H22N4O3S. The number of allylic oxidation sites excluding steroid dienone is 1. The summed E-state index contributed by atoms with van der Waals surface area (Å²) < 4.78 is 12.5. The molecule has 1 aromatic carbocycles. The van der Waals surface area contributed by atoms with Gasteiger partial charge in [0.15, 0.2) is 11.0 Å². The second-order valence-corrected chi connectivity index (χ2v) is 6.66. The molecular weight excluding hydrogens is 352 g/mol. The van der Waals surface area contributed by atoms with E-state index < -0.39 is 0 Å². The van der Waals surface area contributed by atoms with Crippen LogP contribution in [-0.4, -0.2) is 64.7 Å². The summed E-state index contributed by atoms with van der Waals surface area (Å²) in [5.74, 6) is 1.90. The van der Waals surface area contributed by atoms with E-state index in [0.29, 0.717) is 43.8 Å². The van der Waals surface area contributed by atoms with Gasteiger partial charge in [0, 0.05) is 25.2 Å². The van der Waals surface area contributed by atoms with E-state index >= 15 is 0 Å². The standard InChI is InChI=1S/C18H22N4O3S/c1-3-7-22-17(14-5-4-6-15(12-14)24-2)19-20-18(22)26-13-16(23)21-8-10-25-11-9-21/h3-6,12H,1,7-11,13H2,2H3. The van der Waals surface area contributed by atoms with Gasteiger partial charge in [0.05, 0.1) is 26.1 Å². The number of nitrogens with zero attached hydrogens (tertiary/aromatic N) is 4. The topological polar surface area (TPSA) is 69.5 Å². The maximum absolute atomic E-state index is 12.4. The number of carbonyl (C=O) groups is 1. The minimum atomic E-state index is 0.0920. The summed E-state index contributed by atoms with van der Waals surface area (Å²) >= 11 is 1.39. The van der Waals surface area contributed by atoms with Crippen LogP contribution in [0.25, 0.3) is 11.4 Å². The molecule has 138 valence electrons. The molecule has 0 saturated carbocycles. The normalized spacial score (nSPS) is 14.3. The fourth-order valence-corrected chi connectivity index (χ4v) is 3.55. The van der Waals surface area contributed by atoms with Crippen LogP contribution in [0.15, 0.2) is 42.1 Å². The number of morpholine rings is 1. The Morgan fingerprint density at radius 1 is 1.38 bits per heavy atom. The highest BCUT2D eigenvalue weighted by Gasteiger charge is 2.19. The quantitative estimate of drug-likeness (QED) is 0.546. The van der Waals surface area contributed by atoms with Gasteiger partial charge in [0.2, 0.25) is 5.91 Å². The lowest BCUT2D eigenvalue weighted by Gasteiger charge is -2.26. The Bertz CT molecular complexity index is 772. The van der Waals surface area contributed by atoms with Crippen LogP contribution in [0.2, 0.25) is 0 Å². The van der Waals surface area contributed by atoms with Crippen LogP contribution in [0.5, 0.6) is 5.75 Å². The molecule has 0 unspecified atom stereocenters. The van der Waals surface area contributed by atoms with Crippen molar-refractivity contribution >= 4 is 17.7 Å². The van der Waals surface area contributed by atoms with Crippen LogP contribution in [0.1, 0.15) is 0 Å². The summed E-state index contributed by atoms with van der Waals surface area (Å²) in [6, 6.07) is 7.67. The number of benzene rings is 1. The van der Waals surface area contributed by atoms with Crippen LogP contribution >= 0.6 is 11.8 Å². The van der Waals surface area contributed by atoms with Gasteiger partial charge in [-0.05, 0) is 12.1 Å². The smallest absolute Gasteiger partial charge is 0.233 e. The van der Waals surface area contributed by atoms with Crippen LogP contribution < -0.4 is 4.74 Å². The van der Waals surface area contributed by atoms with E-state index in [1.54, 1.807) is 13.2 Å². The number of hydrogen-bond acceptors (Lipinski definition) is 6. The van der Waals surface area contributed by atoms with E-state index in [2.05, 4.69) is 16.8 Å². The number of ether oxygens (including phenoxy) is 2. The molecule has 8 heteroatoms. The minimum absolute atomic E-state index is 0.0920. The summed E-state index contributed by atoms with van der Waals surface area (Å²) in [6.45, 7) is 6.87. The van der Waals surface area contributed by atoms with Crippen LogP contribution in [0.3, 0.4) is 0 Å². The maximum atomic E-state index is 12.4. The molecule has 0 atom stereocenters. The van der Waals surface area contributed by atoms with Crippen molar-refractivity contribution in [2.75, 3.05) is 39.2 Å². The second kappa shape index (κ2) is 8.86. The van der Waals surface area contributed by atoms with Crippen LogP contribution in [0, 0.1) is 0 Å². The van der Waals surface area contributed by atoms with Gasteiger partial charge in [0.1, 0.15) is 5.75 Å². The number of rotatable bonds is 7. The number of aromatic nitrogens is 3. The lowest BCUT2D eigenvalue weighted by Crippen LogP contribution is -2.41. The highest BCUT2D eigenvalue weighted by atomic mass is 32.2. The Morgan fingerprint density at radius 2 is 2.19 bits per heavy atom. The average molecular weight is 374 g/mol. The molecule has 3 rings (SSSR count). The third kappa shape index (κ3) is 4.25. The SMILES string of the molecule is C=CCn1c(SCC(=O)N2CCOCC2)nnc1-c1cccc(OC)c1. The van der Waals surface area contributed by atoms with Crippen molar-refractivity contribution in [2.45, 2.75) is 11.7 Å². The van der Waals surface area contributed by atoms with Gasteiger partial charge in [-0.2, -0.15) is 0 Å². The molecule has 26 heavy (non-hydrogen) atoms. The van der Waals surface area contributed by atoms with Crippen LogP contribution in [-0.2, 0) is 16.1 Å². The summed E-state index contributed by atoms with van der Waals surface area (Å²) in [5.41, 5.74) is 0.907. The summed E-state index contributed by atoms with van der Waals surface area (Å²) in [6.07, 6.45) is 1.79. The summed E-state index contributed by atoms with van der Waals surface area (Å²) in [4.78, 5) is 14.2. The molecule has 0 spiro atoms. The monoisotopic (exact) mass is 374 g/mol. The van der Waals surface area contributed by atoms with E-state index in [1.807, 2.05) is 33.7 Å². The largest absolute Gasteiger partial charge is 0.497 e. The zero-order valence-electron chi connectivity index (χ0n) is 14.8. The van der Waals surface area contributed by atoms with Crippen molar-refractivity contribution in [3.63, 3.8) is 0 Å². The lowest BCUT2D eigenvalue weighted by molar-refractivity contribution is -0.132. The van der Waals surface area contributed by atoms with Gasteiger partial charge in [-0.1, -0.05) is 30.0 Å². The molecule has 0 aliphatic carbocycles. The number of methoxy groups -OCH3 is 1. The zero-order valence-corrected chi connectivity index (χ0v) is 15.6. The van der Waals surface area contributed by atoms with Gasteiger partial charge in [-0.3, -0.25) is 9.36 Å².